The van der Waals surface area contributed by atoms with Crippen LogP contribution in [0.4, 0.5) is 16.0 Å². The molecular formula is C36H44FN7O2. The number of hydrogen-bond donors (Lipinski definition) is 1. The van der Waals surface area contributed by atoms with Gasteiger partial charge in [0.15, 0.2) is 0 Å². The SMILES string of the molecule is Cc1cc2cc(n1)-c1cnccc1OCCC[C@@H](C)Cn1c(nc3ccc(N4CCC5(CCN(CCF)CC5)CC4)cc31)NC2=O. The standard InChI is InChI=1S/C36H44FN7O2/c1-25-4-3-19-46-33-7-13-38-23-29(33)31-21-27(20-26(2)39-31)34(45)41-35-40-30-6-5-28(22-32(30)44(35)24-25)43-16-10-36(11-17-43)8-14-42(15-9-36)18-12-37/h5-7,13,20-23,25H,3-4,8-12,14-19,24H2,1-2H3,(H,40,41,45)/t25-/m1/s1. The van der Waals surface area contributed by atoms with Crippen LogP contribution < -0.4 is 15.0 Å². The third-order valence-electron chi connectivity index (χ3n) is 10.3. The number of alkyl halides is 1. The van der Waals surface area contributed by atoms with E-state index in [0.717, 1.165) is 73.6 Å². The summed E-state index contributed by atoms with van der Waals surface area (Å²) in [6.45, 7) is 9.83. The summed E-state index contributed by atoms with van der Waals surface area (Å²) in [6.07, 6.45) is 10.0. The van der Waals surface area contributed by atoms with E-state index in [9.17, 15) is 9.18 Å². The minimum Gasteiger partial charge on any atom is -0.493 e. The number of nitrogens with one attached hydrogen (secondary N) is 1. The molecule has 3 aliphatic heterocycles. The number of carbonyl (C=O) groups is 1. The van der Waals surface area contributed by atoms with E-state index in [1.54, 1.807) is 24.5 Å². The van der Waals surface area contributed by atoms with Crippen LogP contribution in [-0.4, -0.2) is 76.3 Å². The summed E-state index contributed by atoms with van der Waals surface area (Å²) in [7, 11) is 0. The molecule has 1 atom stereocenters. The van der Waals surface area contributed by atoms with Crippen LogP contribution in [0.2, 0.25) is 0 Å². The smallest absolute Gasteiger partial charge is 0.258 e. The first-order valence-electron chi connectivity index (χ1n) is 16.8. The van der Waals surface area contributed by atoms with E-state index < -0.39 is 0 Å². The summed E-state index contributed by atoms with van der Waals surface area (Å²) in [5, 5.41) is 3.15. The quantitative estimate of drug-likeness (QED) is 0.278. The highest BCUT2D eigenvalue weighted by Gasteiger charge is 2.37. The number of imidazole rings is 1. The molecule has 0 unspecified atom stereocenters. The van der Waals surface area contributed by atoms with Gasteiger partial charge in [-0.3, -0.25) is 20.1 Å². The first-order chi connectivity index (χ1) is 22.4. The van der Waals surface area contributed by atoms with Gasteiger partial charge in [-0.15, -0.1) is 0 Å². The molecule has 46 heavy (non-hydrogen) atoms. The molecule has 1 N–H and O–H groups in total. The predicted molar refractivity (Wildman–Crippen MR) is 179 cm³/mol. The largest absolute Gasteiger partial charge is 0.493 e. The van der Waals surface area contributed by atoms with Crippen LogP contribution in [0.5, 0.6) is 5.75 Å². The minimum absolute atomic E-state index is 0.226. The number of benzene rings is 1. The van der Waals surface area contributed by atoms with Crippen molar-refractivity contribution in [3.63, 3.8) is 0 Å². The van der Waals surface area contributed by atoms with Gasteiger partial charge in [0.1, 0.15) is 12.4 Å². The lowest BCUT2D eigenvalue weighted by Crippen LogP contribution is -2.47. The van der Waals surface area contributed by atoms with Crippen LogP contribution in [0.15, 0.2) is 48.8 Å². The molecule has 3 aromatic heterocycles. The highest BCUT2D eigenvalue weighted by molar-refractivity contribution is 6.05. The average Bonchev–Trinajstić information content (AvgIpc) is 3.39. The Balaban J connectivity index is 1.17. The molecule has 1 amide bonds. The molecule has 0 radical (unpaired) electrons. The van der Waals surface area contributed by atoms with Crippen LogP contribution in [0.3, 0.4) is 0 Å². The Morgan fingerprint density at radius 3 is 2.65 bits per heavy atom. The topological polar surface area (TPSA) is 88.4 Å². The van der Waals surface area contributed by atoms with Gasteiger partial charge < -0.3 is 19.1 Å². The van der Waals surface area contributed by atoms with Crippen molar-refractivity contribution in [2.24, 2.45) is 11.3 Å². The lowest BCUT2D eigenvalue weighted by molar-refractivity contribution is 0.0764. The molecule has 242 valence electrons. The van der Waals surface area contributed by atoms with Crippen molar-refractivity contribution in [2.45, 2.75) is 58.9 Å². The number of aromatic nitrogens is 4. The number of carbonyl (C=O) groups excluding carboxylic acids is 1. The van der Waals surface area contributed by atoms with Gasteiger partial charge in [0.2, 0.25) is 5.95 Å². The molecule has 7 rings (SSSR count). The number of anilines is 2. The number of rotatable bonds is 3. The first-order valence-corrected chi connectivity index (χ1v) is 16.8. The highest BCUT2D eigenvalue weighted by atomic mass is 19.1. The fraction of sp³-hybridized carbons (Fsp3) is 0.500. The Morgan fingerprint density at radius 1 is 1.04 bits per heavy atom. The molecule has 2 bridgehead atoms. The zero-order valence-corrected chi connectivity index (χ0v) is 27.0. The van der Waals surface area contributed by atoms with Gasteiger partial charge in [0.05, 0.1) is 28.9 Å². The average molecular weight is 626 g/mol. The molecule has 10 heteroatoms. The Labute approximate surface area is 270 Å². The molecule has 1 spiro atoms. The second-order valence-electron chi connectivity index (χ2n) is 13.5. The molecule has 6 heterocycles. The summed E-state index contributed by atoms with van der Waals surface area (Å²) in [6, 6.07) is 12.0. The van der Waals surface area contributed by atoms with Gasteiger partial charge in [-0.1, -0.05) is 6.92 Å². The number of pyridine rings is 2. The third-order valence-corrected chi connectivity index (χ3v) is 10.3. The lowest BCUT2D eigenvalue weighted by Gasteiger charge is -2.47. The van der Waals surface area contributed by atoms with Crippen LogP contribution >= 0.6 is 0 Å². The van der Waals surface area contributed by atoms with Crippen molar-refractivity contribution in [3.8, 4) is 17.0 Å². The van der Waals surface area contributed by atoms with Crippen molar-refractivity contribution >= 4 is 28.6 Å². The van der Waals surface area contributed by atoms with Crippen LogP contribution in [0, 0.1) is 18.3 Å². The monoisotopic (exact) mass is 625 g/mol. The summed E-state index contributed by atoms with van der Waals surface area (Å²) in [4.78, 5) is 32.5. The van der Waals surface area contributed by atoms with Crippen LogP contribution in [0.25, 0.3) is 22.3 Å². The number of ether oxygens (including phenoxy) is 1. The molecule has 0 aliphatic carbocycles. The maximum absolute atomic E-state index is 13.8. The molecule has 9 nitrogen and oxygen atoms in total. The Hall–Kier alpha value is -4.05. The van der Waals surface area contributed by atoms with E-state index in [1.165, 1.54) is 31.4 Å². The van der Waals surface area contributed by atoms with E-state index >= 15 is 0 Å². The number of hydrogen-bond acceptors (Lipinski definition) is 7. The molecule has 1 aromatic carbocycles. The summed E-state index contributed by atoms with van der Waals surface area (Å²) < 4.78 is 21.3. The Kier molecular flexibility index (Phi) is 8.64. The molecule has 4 aromatic rings. The summed E-state index contributed by atoms with van der Waals surface area (Å²) in [5.41, 5.74) is 6.16. The number of aryl methyl sites for hydroxylation is 1. The van der Waals surface area contributed by atoms with Crippen LogP contribution in [0.1, 0.15) is 61.5 Å². The number of nitrogens with zero attached hydrogens (tertiary/aromatic N) is 6. The Morgan fingerprint density at radius 2 is 1.85 bits per heavy atom. The summed E-state index contributed by atoms with van der Waals surface area (Å²) >= 11 is 0. The minimum atomic E-state index is -0.254. The fourth-order valence-corrected chi connectivity index (χ4v) is 7.53. The number of fused-ring (bicyclic) bond motifs is 7. The van der Waals surface area contributed by atoms with Gasteiger partial charge in [0.25, 0.3) is 5.91 Å². The lowest BCUT2D eigenvalue weighted by atomic mass is 9.71. The van der Waals surface area contributed by atoms with Gasteiger partial charge in [-0.05, 0) is 106 Å². The van der Waals surface area contributed by atoms with Crippen LogP contribution in [-0.2, 0) is 6.54 Å². The van der Waals surface area contributed by atoms with Gasteiger partial charge in [-0.25, -0.2) is 9.37 Å². The zero-order valence-electron chi connectivity index (χ0n) is 27.0. The summed E-state index contributed by atoms with van der Waals surface area (Å²) in [5.74, 6) is 1.40. The molecule has 2 fully saturated rings. The number of halogens is 1. The number of likely N-dealkylation sites (tertiary alicyclic amines) is 1. The molecule has 3 aliphatic rings. The van der Waals surface area contributed by atoms with Crippen molar-refractivity contribution in [3.05, 3.63) is 60.0 Å². The molecule has 2 saturated heterocycles. The third kappa shape index (κ3) is 6.32. The van der Waals surface area contributed by atoms with Crippen molar-refractivity contribution < 1.29 is 13.9 Å². The van der Waals surface area contributed by atoms with Gasteiger partial charge >= 0.3 is 0 Å². The second kappa shape index (κ2) is 13.0. The highest BCUT2D eigenvalue weighted by Crippen LogP contribution is 2.42. The van der Waals surface area contributed by atoms with Gasteiger partial charge in [-0.2, -0.15) is 0 Å². The van der Waals surface area contributed by atoms with E-state index in [-0.39, 0.29) is 12.6 Å². The fourth-order valence-electron chi connectivity index (χ4n) is 7.53. The normalized spacial score (nSPS) is 20.7. The molecule has 0 saturated carbocycles. The second-order valence-corrected chi connectivity index (χ2v) is 13.5. The van der Waals surface area contributed by atoms with E-state index in [2.05, 4.69) is 49.8 Å². The first kappa shape index (κ1) is 30.6. The zero-order chi connectivity index (χ0) is 31.7. The number of amides is 1. The van der Waals surface area contributed by atoms with Gasteiger partial charge in [0, 0.05) is 55.5 Å². The van der Waals surface area contributed by atoms with Crippen molar-refractivity contribution in [1.82, 2.24) is 24.4 Å². The molecular weight excluding hydrogens is 581 g/mol. The maximum Gasteiger partial charge on any atom is 0.258 e. The van der Waals surface area contributed by atoms with E-state index in [1.807, 2.05) is 13.0 Å². The van der Waals surface area contributed by atoms with Crippen molar-refractivity contribution in [1.29, 1.82) is 0 Å². The Bertz CT molecular complexity index is 1700. The number of piperidine rings is 2. The maximum atomic E-state index is 13.8. The van der Waals surface area contributed by atoms with Crippen molar-refractivity contribution in [2.75, 3.05) is 56.2 Å². The van der Waals surface area contributed by atoms with E-state index in [0.29, 0.717) is 41.7 Å². The van der Waals surface area contributed by atoms with E-state index in [4.69, 9.17) is 14.7 Å². The predicted octanol–water partition coefficient (Wildman–Crippen LogP) is 6.51.